The van der Waals surface area contributed by atoms with Crippen LogP contribution in [-0.2, 0) is 0 Å². The van der Waals surface area contributed by atoms with Gasteiger partial charge in [-0.15, -0.1) is 0 Å². The summed E-state index contributed by atoms with van der Waals surface area (Å²) in [6, 6.07) is 65.2. The van der Waals surface area contributed by atoms with E-state index in [1.54, 1.807) is 0 Å². The van der Waals surface area contributed by atoms with E-state index in [4.69, 9.17) is 4.74 Å². The number of hydrogen-bond donors (Lipinski definition) is 0. The molecule has 0 amide bonds. The minimum atomic E-state index is 0.660. The van der Waals surface area contributed by atoms with Crippen molar-refractivity contribution in [3.63, 3.8) is 0 Å². The molecule has 1 aliphatic rings. The second kappa shape index (κ2) is 12.1. The lowest BCUT2D eigenvalue weighted by atomic mass is 9.89. The van der Waals surface area contributed by atoms with Gasteiger partial charge in [-0.05, 0) is 131 Å². The predicted octanol–water partition coefficient (Wildman–Crippen LogP) is 14.6. The Balaban J connectivity index is 0.856. The van der Waals surface area contributed by atoms with Crippen molar-refractivity contribution in [2.45, 2.75) is 0 Å². The van der Waals surface area contributed by atoms with Crippen molar-refractivity contribution in [3.05, 3.63) is 188 Å². The van der Waals surface area contributed by atoms with Crippen LogP contribution in [0.3, 0.4) is 0 Å². The molecule has 3 heteroatoms. The summed E-state index contributed by atoms with van der Waals surface area (Å²) in [5, 5.41) is 20.4. The van der Waals surface area contributed by atoms with Crippen molar-refractivity contribution >= 4 is 54.0 Å². The number of para-hydroxylation sites is 1. The minimum absolute atomic E-state index is 0.660. The van der Waals surface area contributed by atoms with E-state index in [0.717, 1.165) is 61.0 Å². The number of nitriles is 1. The molecule has 0 N–H and O–H groups in total. The van der Waals surface area contributed by atoms with E-state index >= 15 is 0 Å². The fraction of sp³-hybridized carbons (Fsp3) is 0. The third-order valence-electron chi connectivity index (χ3n) is 11.9. The summed E-state index contributed by atoms with van der Waals surface area (Å²) < 4.78 is 6.45. The van der Waals surface area contributed by atoms with E-state index in [9.17, 15) is 5.26 Å². The topological polar surface area (TPSA) is 45.9 Å². The molecular weight excluding hydrogens is 693 g/mol. The van der Waals surface area contributed by atoms with Crippen LogP contribution in [0.15, 0.2) is 182 Å². The van der Waals surface area contributed by atoms with Gasteiger partial charge in [-0.2, -0.15) is 5.26 Å². The molecule has 0 aliphatic carbocycles. The van der Waals surface area contributed by atoms with E-state index in [1.807, 2.05) is 42.6 Å². The monoisotopic (exact) mass is 722 g/mol. The normalized spacial score (nSPS) is 12.0. The van der Waals surface area contributed by atoms with Crippen LogP contribution in [0.4, 0.5) is 0 Å². The Morgan fingerprint density at radius 2 is 0.947 bits per heavy atom. The summed E-state index contributed by atoms with van der Waals surface area (Å²) in [4.78, 5) is 4.67. The molecule has 12 rings (SSSR count). The van der Waals surface area contributed by atoms with Crippen molar-refractivity contribution in [3.8, 4) is 73.2 Å². The number of rotatable bonds is 4. The van der Waals surface area contributed by atoms with Gasteiger partial charge in [-0.3, -0.25) is 4.98 Å². The molecule has 0 radical (unpaired) electrons. The maximum atomic E-state index is 9.67. The smallest absolute Gasteiger partial charge is 0.135 e. The molecule has 0 saturated carbocycles. The SMILES string of the molecule is N#Cc1ccc2c3c(cccc13)Oc1cc(-c3ccc(-c4cc5ccc6cc(-c7ccc(-c8cccc9cccnc89)cc7)cc7ccc(c4)c5c67)cc3)ccc1-2. The van der Waals surface area contributed by atoms with Crippen LogP contribution in [0.5, 0.6) is 11.5 Å². The molecule has 1 aromatic heterocycles. The first-order valence-electron chi connectivity index (χ1n) is 19.2. The lowest BCUT2D eigenvalue weighted by molar-refractivity contribution is 0.487. The van der Waals surface area contributed by atoms with Gasteiger partial charge < -0.3 is 4.74 Å². The maximum absolute atomic E-state index is 9.67. The van der Waals surface area contributed by atoms with E-state index in [-0.39, 0.29) is 0 Å². The molecule has 10 aromatic carbocycles. The molecule has 1 aliphatic heterocycles. The molecular formula is C54H30N2O. The zero-order valence-corrected chi connectivity index (χ0v) is 30.6. The zero-order valence-electron chi connectivity index (χ0n) is 30.6. The Bertz CT molecular complexity index is 3410. The summed E-state index contributed by atoms with van der Waals surface area (Å²) in [7, 11) is 0. The molecule has 11 aromatic rings. The summed E-state index contributed by atoms with van der Waals surface area (Å²) in [5.74, 6) is 1.61. The van der Waals surface area contributed by atoms with E-state index in [0.29, 0.717) is 5.56 Å². The quantitative estimate of drug-likeness (QED) is 0.170. The highest BCUT2D eigenvalue weighted by Crippen LogP contribution is 2.48. The molecule has 0 saturated heterocycles. The fourth-order valence-electron chi connectivity index (χ4n) is 9.11. The summed E-state index contributed by atoms with van der Waals surface area (Å²) in [6.07, 6.45) is 1.86. The van der Waals surface area contributed by atoms with Crippen LogP contribution in [0.2, 0.25) is 0 Å². The van der Waals surface area contributed by atoms with Crippen molar-refractivity contribution in [1.29, 1.82) is 5.26 Å². The number of hydrogen-bond acceptors (Lipinski definition) is 3. The average molecular weight is 723 g/mol. The van der Waals surface area contributed by atoms with Gasteiger partial charge in [0.25, 0.3) is 0 Å². The van der Waals surface area contributed by atoms with Crippen LogP contribution in [0.25, 0.3) is 110 Å². The zero-order chi connectivity index (χ0) is 37.6. The van der Waals surface area contributed by atoms with Gasteiger partial charge in [0.15, 0.2) is 0 Å². The Morgan fingerprint density at radius 3 is 1.60 bits per heavy atom. The Hall–Kier alpha value is -7.80. The Kier molecular flexibility index (Phi) is 6.70. The number of ether oxygens (including phenoxy) is 1. The highest BCUT2D eigenvalue weighted by Gasteiger charge is 2.22. The number of aromatic nitrogens is 1. The van der Waals surface area contributed by atoms with Gasteiger partial charge in [-0.25, -0.2) is 0 Å². The van der Waals surface area contributed by atoms with Crippen LogP contribution in [0, 0.1) is 11.3 Å². The van der Waals surface area contributed by atoms with E-state index in [1.165, 1.54) is 60.1 Å². The predicted molar refractivity (Wildman–Crippen MR) is 235 cm³/mol. The van der Waals surface area contributed by atoms with Gasteiger partial charge in [0, 0.05) is 33.5 Å². The van der Waals surface area contributed by atoms with Crippen molar-refractivity contribution in [2.75, 3.05) is 0 Å². The molecule has 3 nitrogen and oxygen atoms in total. The number of pyridine rings is 1. The summed E-state index contributed by atoms with van der Waals surface area (Å²) in [5.41, 5.74) is 13.2. The van der Waals surface area contributed by atoms with Crippen LogP contribution >= 0.6 is 0 Å². The van der Waals surface area contributed by atoms with Crippen LogP contribution < -0.4 is 4.74 Å². The average Bonchev–Trinajstić information content (AvgIpc) is 3.28. The van der Waals surface area contributed by atoms with Crippen molar-refractivity contribution in [2.24, 2.45) is 0 Å². The Labute approximate surface area is 328 Å². The molecule has 0 atom stereocenters. The molecule has 0 bridgehead atoms. The molecule has 57 heavy (non-hydrogen) atoms. The summed E-state index contributed by atoms with van der Waals surface area (Å²) in [6.45, 7) is 0. The first-order valence-corrected chi connectivity index (χ1v) is 19.2. The van der Waals surface area contributed by atoms with Crippen molar-refractivity contribution in [1.82, 2.24) is 4.98 Å². The maximum Gasteiger partial charge on any atom is 0.135 e. The second-order valence-electron chi connectivity index (χ2n) is 15.0. The fourth-order valence-corrected chi connectivity index (χ4v) is 9.11. The highest BCUT2D eigenvalue weighted by atomic mass is 16.5. The molecule has 0 spiro atoms. The Morgan fingerprint density at radius 1 is 0.386 bits per heavy atom. The highest BCUT2D eigenvalue weighted by molar-refractivity contribution is 6.24. The first kappa shape index (κ1) is 31.5. The standard InChI is InChI=1S/C54H30N2O/c55-31-42-22-24-48-47-23-21-37(30-50(47)57-49-8-2-6-45(42)53(48)49)32-9-11-33(12-10-32)43-26-38-17-19-40-28-44(29-41-20-18-39(27-43)51(38)52(40)41)34-13-15-35(16-14-34)46-7-1-4-36-5-3-25-56-54(36)46/h1-30H. The summed E-state index contributed by atoms with van der Waals surface area (Å²) >= 11 is 0. The number of benzene rings is 10. The van der Waals surface area contributed by atoms with Crippen LogP contribution in [-0.4, -0.2) is 4.98 Å². The van der Waals surface area contributed by atoms with Gasteiger partial charge in [0.1, 0.15) is 11.5 Å². The van der Waals surface area contributed by atoms with Gasteiger partial charge >= 0.3 is 0 Å². The van der Waals surface area contributed by atoms with Gasteiger partial charge in [-0.1, -0.05) is 121 Å². The lowest BCUT2D eigenvalue weighted by Crippen LogP contribution is -1.98. The second-order valence-corrected chi connectivity index (χ2v) is 15.0. The number of fused-ring (bicyclic) bond motifs is 3. The molecule has 2 heterocycles. The van der Waals surface area contributed by atoms with Gasteiger partial charge in [0.2, 0.25) is 0 Å². The molecule has 262 valence electrons. The molecule has 0 unspecified atom stereocenters. The van der Waals surface area contributed by atoms with E-state index < -0.39 is 0 Å². The molecule has 0 fully saturated rings. The van der Waals surface area contributed by atoms with Gasteiger partial charge in [0.05, 0.1) is 17.1 Å². The number of nitrogens with zero attached hydrogens (tertiary/aromatic N) is 2. The largest absolute Gasteiger partial charge is 0.456 e. The van der Waals surface area contributed by atoms with E-state index in [2.05, 4.69) is 151 Å². The third kappa shape index (κ3) is 4.88. The third-order valence-corrected chi connectivity index (χ3v) is 11.9. The van der Waals surface area contributed by atoms with Crippen molar-refractivity contribution < 1.29 is 4.74 Å². The van der Waals surface area contributed by atoms with Crippen LogP contribution in [0.1, 0.15) is 5.56 Å². The minimum Gasteiger partial charge on any atom is -0.456 e. The first-order chi connectivity index (χ1) is 28.2. The lowest BCUT2D eigenvalue weighted by Gasteiger charge is -2.22.